The minimum absolute atomic E-state index is 0.0217. The maximum absolute atomic E-state index is 13.4. The Bertz CT molecular complexity index is 714. The SMILES string of the molecule is Cc1cc(Oc2ccccc2F)ccc1S(N)(=O)=O. The van der Waals surface area contributed by atoms with E-state index in [9.17, 15) is 12.8 Å². The number of halogens is 1. The molecule has 0 spiro atoms. The lowest BCUT2D eigenvalue weighted by atomic mass is 10.2. The van der Waals surface area contributed by atoms with Crippen LogP contribution >= 0.6 is 0 Å². The Balaban J connectivity index is 2.34. The average Bonchev–Trinajstić information content (AvgIpc) is 2.30. The van der Waals surface area contributed by atoms with Crippen LogP contribution in [0.15, 0.2) is 47.4 Å². The maximum Gasteiger partial charge on any atom is 0.238 e. The fourth-order valence-corrected chi connectivity index (χ4v) is 2.42. The van der Waals surface area contributed by atoms with Crippen LogP contribution in [0.25, 0.3) is 0 Å². The van der Waals surface area contributed by atoms with Gasteiger partial charge < -0.3 is 4.74 Å². The second-order valence-corrected chi connectivity index (χ2v) is 5.53. The lowest BCUT2D eigenvalue weighted by Gasteiger charge is -2.09. The number of hydrogen-bond donors (Lipinski definition) is 1. The van der Waals surface area contributed by atoms with E-state index in [1.165, 1.54) is 30.3 Å². The van der Waals surface area contributed by atoms with Gasteiger partial charge in [0.2, 0.25) is 10.0 Å². The molecule has 2 aromatic rings. The zero-order valence-electron chi connectivity index (χ0n) is 10.1. The van der Waals surface area contributed by atoms with E-state index >= 15 is 0 Å². The number of sulfonamides is 1. The number of nitrogens with two attached hydrogens (primary N) is 1. The molecular formula is C13H12FNO3S. The van der Waals surface area contributed by atoms with Crippen molar-refractivity contribution < 1.29 is 17.5 Å². The van der Waals surface area contributed by atoms with E-state index in [0.717, 1.165) is 0 Å². The van der Waals surface area contributed by atoms with Gasteiger partial charge in [0.15, 0.2) is 11.6 Å². The molecule has 0 aliphatic heterocycles. The maximum atomic E-state index is 13.4. The second kappa shape index (κ2) is 4.99. The van der Waals surface area contributed by atoms with Gasteiger partial charge in [0, 0.05) is 0 Å². The Labute approximate surface area is 110 Å². The molecule has 2 aromatic carbocycles. The van der Waals surface area contributed by atoms with Gasteiger partial charge >= 0.3 is 0 Å². The molecule has 0 aliphatic carbocycles. The van der Waals surface area contributed by atoms with Crippen LogP contribution in [0.5, 0.6) is 11.5 Å². The average molecular weight is 281 g/mol. The van der Waals surface area contributed by atoms with Crippen molar-refractivity contribution in [1.82, 2.24) is 0 Å². The van der Waals surface area contributed by atoms with Crippen molar-refractivity contribution in [1.29, 1.82) is 0 Å². The van der Waals surface area contributed by atoms with Crippen molar-refractivity contribution >= 4 is 10.0 Å². The van der Waals surface area contributed by atoms with E-state index in [2.05, 4.69) is 0 Å². The van der Waals surface area contributed by atoms with Gasteiger partial charge in [-0.25, -0.2) is 17.9 Å². The summed E-state index contributed by atoms with van der Waals surface area (Å²) in [5.74, 6) is -0.0732. The van der Waals surface area contributed by atoms with Gasteiger partial charge in [-0.1, -0.05) is 12.1 Å². The topological polar surface area (TPSA) is 69.4 Å². The molecule has 4 nitrogen and oxygen atoms in total. The lowest BCUT2D eigenvalue weighted by molar-refractivity contribution is 0.441. The van der Waals surface area contributed by atoms with Crippen molar-refractivity contribution in [3.05, 3.63) is 53.8 Å². The van der Waals surface area contributed by atoms with Crippen molar-refractivity contribution in [2.24, 2.45) is 5.14 Å². The van der Waals surface area contributed by atoms with Gasteiger partial charge in [0.05, 0.1) is 4.90 Å². The molecule has 0 heterocycles. The molecule has 0 fully saturated rings. The number of aryl methyl sites for hydroxylation is 1. The standard InChI is InChI=1S/C13H12FNO3S/c1-9-8-10(6-7-13(9)19(15,16)17)18-12-5-3-2-4-11(12)14/h2-8H,1H3,(H2,15,16,17). The van der Waals surface area contributed by atoms with Crippen LogP contribution in [-0.4, -0.2) is 8.42 Å². The number of hydrogen-bond acceptors (Lipinski definition) is 3. The molecule has 0 aromatic heterocycles. The van der Waals surface area contributed by atoms with Crippen molar-refractivity contribution in [3.63, 3.8) is 0 Å². The molecule has 100 valence electrons. The summed E-state index contributed by atoms with van der Waals surface area (Å²) in [5.41, 5.74) is 0.441. The van der Waals surface area contributed by atoms with Crippen LogP contribution in [0, 0.1) is 12.7 Å². The summed E-state index contributed by atoms with van der Waals surface area (Å²) >= 11 is 0. The molecule has 0 unspecified atom stereocenters. The Morgan fingerprint density at radius 3 is 2.42 bits per heavy atom. The minimum atomic E-state index is -3.76. The third-order valence-corrected chi connectivity index (χ3v) is 3.59. The summed E-state index contributed by atoms with van der Waals surface area (Å²) in [5, 5.41) is 5.06. The van der Waals surface area contributed by atoms with Gasteiger partial charge in [0.25, 0.3) is 0 Å². The van der Waals surface area contributed by atoms with Crippen molar-refractivity contribution in [2.45, 2.75) is 11.8 Å². The van der Waals surface area contributed by atoms with Gasteiger partial charge in [-0.3, -0.25) is 0 Å². The van der Waals surface area contributed by atoms with E-state index in [1.54, 1.807) is 19.1 Å². The van der Waals surface area contributed by atoms with Crippen LogP contribution in [0.3, 0.4) is 0 Å². The molecule has 0 bridgehead atoms. The zero-order valence-corrected chi connectivity index (χ0v) is 10.9. The predicted molar refractivity (Wildman–Crippen MR) is 69.0 cm³/mol. The Morgan fingerprint density at radius 2 is 1.84 bits per heavy atom. The second-order valence-electron chi connectivity index (χ2n) is 4.00. The van der Waals surface area contributed by atoms with Gasteiger partial charge in [-0.05, 0) is 42.8 Å². The molecule has 0 radical (unpaired) electrons. The van der Waals surface area contributed by atoms with Crippen LogP contribution in [0.1, 0.15) is 5.56 Å². The fraction of sp³-hybridized carbons (Fsp3) is 0.0769. The summed E-state index contributed by atoms with van der Waals surface area (Å²) in [7, 11) is -3.76. The third kappa shape index (κ3) is 3.10. The highest BCUT2D eigenvalue weighted by atomic mass is 32.2. The van der Waals surface area contributed by atoms with E-state index < -0.39 is 15.8 Å². The quantitative estimate of drug-likeness (QED) is 0.940. The number of ether oxygens (including phenoxy) is 1. The van der Waals surface area contributed by atoms with E-state index in [0.29, 0.717) is 11.3 Å². The van der Waals surface area contributed by atoms with Crippen LogP contribution < -0.4 is 9.88 Å². The first-order valence-corrected chi connectivity index (χ1v) is 6.98. The fourth-order valence-electron chi connectivity index (χ4n) is 1.66. The smallest absolute Gasteiger partial charge is 0.238 e. The molecule has 0 saturated carbocycles. The molecule has 0 atom stereocenters. The predicted octanol–water partition coefficient (Wildman–Crippen LogP) is 2.57. The number of primary sulfonamides is 1. The lowest BCUT2D eigenvalue weighted by Crippen LogP contribution is -2.13. The monoisotopic (exact) mass is 281 g/mol. The van der Waals surface area contributed by atoms with E-state index in [-0.39, 0.29) is 10.6 Å². The van der Waals surface area contributed by atoms with Crippen molar-refractivity contribution in [2.75, 3.05) is 0 Å². The highest BCUT2D eigenvalue weighted by Crippen LogP contribution is 2.26. The molecule has 0 amide bonds. The minimum Gasteiger partial charge on any atom is -0.454 e. The highest BCUT2D eigenvalue weighted by molar-refractivity contribution is 7.89. The normalized spacial score (nSPS) is 11.3. The van der Waals surface area contributed by atoms with Gasteiger partial charge in [-0.15, -0.1) is 0 Å². The van der Waals surface area contributed by atoms with E-state index in [4.69, 9.17) is 9.88 Å². The Kier molecular flexibility index (Phi) is 3.55. The largest absolute Gasteiger partial charge is 0.454 e. The Morgan fingerprint density at radius 1 is 1.16 bits per heavy atom. The summed E-state index contributed by atoms with van der Waals surface area (Å²) in [6.45, 7) is 1.59. The third-order valence-electron chi connectivity index (χ3n) is 2.52. The van der Waals surface area contributed by atoms with Crippen LogP contribution in [0.4, 0.5) is 4.39 Å². The molecule has 2 rings (SSSR count). The highest BCUT2D eigenvalue weighted by Gasteiger charge is 2.12. The van der Waals surface area contributed by atoms with Crippen LogP contribution in [0.2, 0.25) is 0 Å². The Hall–Kier alpha value is -1.92. The van der Waals surface area contributed by atoms with Crippen molar-refractivity contribution in [3.8, 4) is 11.5 Å². The zero-order chi connectivity index (χ0) is 14.0. The first-order chi connectivity index (χ1) is 8.88. The van der Waals surface area contributed by atoms with Gasteiger partial charge in [0.1, 0.15) is 5.75 Å². The number of para-hydroxylation sites is 1. The summed E-state index contributed by atoms with van der Waals surface area (Å²) < 4.78 is 41.3. The molecule has 2 N–H and O–H groups in total. The van der Waals surface area contributed by atoms with Gasteiger partial charge in [-0.2, -0.15) is 0 Å². The summed E-state index contributed by atoms with van der Waals surface area (Å²) in [4.78, 5) is 0.0217. The summed E-state index contributed by atoms with van der Waals surface area (Å²) in [6.07, 6.45) is 0. The molecule has 6 heteroatoms. The van der Waals surface area contributed by atoms with E-state index in [1.807, 2.05) is 0 Å². The number of benzene rings is 2. The molecular weight excluding hydrogens is 269 g/mol. The molecule has 0 aliphatic rings. The summed E-state index contributed by atoms with van der Waals surface area (Å²) in [6, 6.07) is 10.2. The first-order valence-electron chi connectivity index (χ1n) is 5.44. The molecule has 0 saturated heterocycles. The molecule has 19 heavy (non-hydrogen) atoms. The first kappa shape index (κ1) is 13.5. The number of rotatable bonds is 3. The van der Waals surface area contributed by atoms with Crippen LogP contribution in [-0.2, 0) is 10.0 Å².